The minimum absolute atomic E-state index is 0.0433. The molecule has 1 aromatic carbocycles. The van der Waals surface area contributed by atoms with Crippen LogP contribution >= 0.6 is 22.7 Å². The van der Waals surface area contributed by atoms with Crippen LogP contribution in [0.5, 0.6) is 0 Å². The van der Waals surface area contributed by atoms with E-state index in [0.717, 1.165) is 54.5 Å². The van der Waals surface area contributed by atoms with E-state index in [1.807, 2.05) is 47.0 Å². The molecule has 4 heterocycles. The molecule has 1 saturated heterocycles. The summed E-state index contributed by atoms with van der Waals surface area (Å²) in [5.41, 5.74) is 1.97. The largest absolute Gasteiger partial charge is 0.309 e. The van der Waals surface area contributed by atoms with Crippen molar-refractivity contribution in [2.75, 3.05) is 26.2 Å². The van der Waals surface area contributed by atoms with Gasteiger partial charge in [0.2, 0.25) is 0 Å². The maximum Gasteiger partial charge on any atom is 0.260 e. The minimum atomic E-state index is -0.0433. The first kappa shape index (κ1) is 19.6. The van der Waals surface area contributed by atoms with Crippen LogP contribution in [-0.4, -0.2) is 45.9 Å². The summed E-state index contributed by atoms with van der Waals surface area (Å²) in [7, 11) is 0. The van der Waals surface area contributed by atoms with Crippen LogP contribution in [0.3, 0.4) is 0 Å². The Hall–Kier alpha value is -2.32. The zero-order valence-corrected chi connectivity index (χ0v) is 18.5. The maximum atomic E-state index is 13.0. The number of fused-ring (bicyclic) bond motifs is 1. The van der Waals surface area contributed by atoms with Crippen LogP contribution in [-0.2, 0) is 6.54 Å². The minimum Gasteiger partial charge on any atom is -0.309 e. The van der Waals surface area contributed by atoms with E-state index < -0.39 is 0 Å². The Morgan fingerprint density at radius 2 is 1.87 bits per heavy atom. The molecule has 1 aliphatic rings. The first-order valence-corrected chi connectivity index (χ1v) is 12.0. The van der Waals surface area contributed by atoms with Gasteiger partial charge in [0.1, 0.15) is 10.7 Å². The Kier molecular flexibility index (Phi) is 5.52. The second kappa shape index (κ2) is 8.43. The standard InChI is InChI=1S/C23H24N4OS2/c1-16(27-11-9-26(10-12-27)14-18-8-5-13-29-18)21-24-22(28)20-19(15-30-23(20)25-21)17-6-3-2-4-7-17/h2-8,13,15-16H,9-12,14H2,1H3,(H,24,25,28)/t16-/m1/s1. The monoisotopic (exact) mass is 436 g/mol. The molecule has 0 unspecified atom stereocenters. The van der Waals surface area contributed by atoms with E-state index in [-0.39, 0.29) is 11.6 Å². The van der Waals surface area contributed by atoms with Crippen molar-refractivity contribution in [1.29, 1.82) is 0 Å². The predicted molar refractivity (Wildman–Crippen MR) is 125 cm³/mol. The van der Waals surface area contributed by atoms with Gasteiger partial charge in [-0.15, -0.1) is 22.7 Å². The number of piperazine rings is 1. The molecule has 0 radical (unpaired) electrons. The van der Waals surface area contributed by atoms with Gasteiger partial charge < -0.3 is 4.98 Å². The second-order valence-corrected chi connectivity index (χ2v) is 9.60. The second-order valence-electron chi connectivity index (χ2n) is 7.71. The molecule has 0 aliphatic carbocycles. The van der Waals surface area contributed by atoms with E-state index >= 15 is 0 Å². The maximum absolute atomic E-state index is 13.0. The Labute approximate surface area is 183 Å². The average Bonchev–Trinajstić information content (AvgIpc) is 3.44. The Morgan fingerprint density at radius 3 is 2.60 bits per heavy atom. The molecule has 5 nitrogen and oxygen atoms in total. The number of thiophene rings is 2. The fourth-order valence-corrected chi connectivity index (χ4v) is 5.80. The zero-order valence-electron chi connectivity index (χ0n) is 16.9. The summed E-state index contributed by atoms with van der Waals surface area (Å²) in [6.45, 7) is 7.20. The molecule has 1 fully saturated rings. The topological polar surface area (TPSA) is 52.2 Å². The van der Waals surface area contributed by atoms with Gasteiger partial charge in [-0.2, -0.15) is 0 Å². The molecule has 0 spiro atoms. The van der Waals surface area contributed by atoms with Gasteiger partial charge in [0.05, 0.1) is 11.4 Å². The van der Waals surface area contributed by atoms with E-state index in [1.165, 1.54) is 4.88 Å². The SMILES string of the molecule is C[C@H](c1nc2scc(-c3ccccc3)c2c(=O)[nH]1)N1CCN(Cc2cccs2)CC1. The number of aromatic amines is 1. The number of H-pyrrole nitrogens is 1. The normalized spacial score (nSPS) is 16.8. The van der Waals surface area contributed by atoms with Crippen LogP contribution in [0.4, 0.5) is 0 Å². The smallest absolute Gasteiger partial charge is 0.260 e. The molecule has 0 amide bonds. The molecule has 0 bridgehead atoms. The number of nitrogens with zero attached hydrogens (tertiary/aromatic N) is 3. The van der Waals surface area contributed by atoms with Crippen molar-refractivity contribution < 1.29 is 0 Å². The van der Waals surface area contributed by atoms with Gasteiger partial charge in [-0.25, -0.2) is 4.98 Å². The molecule has 1 aliphatic heterocycles. The van der Waals surface area contributed by atoms with E-state index in [9.17, 15) is 4.79 Å². The summed E-state index contributed by atoms with van der Waals surface area (Å²) in [6.07, 6.45) is 0. The number of benzene rings is 1. The Morgan fingerprint density at radius 1 is 1.07 bits per heavy atom. The number of aromatic nitrogens is 2. The highest BCUT2D eigenvalue weighted by Gasteiger charge is 2.24. The highest BCUT2D eigenvalue weighted by atomic mass is 32.1. The first-order valence-electron chi connectivity index (χ1n) is 10.2. The fraction of sp³-hybridized carbons (Fsp3) is 0.304. The first-order chi connectivity index (χ1) is 14.7. The lowest BCUT2D eigenvalue weighted by molar-refractivity contribution is 0.0954. The molecule has 5 rings (SSSR count). The van der Waals surface area contributed by atoms with Gasteiger partial charge in [0.25, 0.3) is 5.56 Å². The predicted octanol–water partition coefficient (Wildman–Crippen LogP) is 4.59. The van der Waals surface area contributed by atoms with Crippen molar-refractivity contribution in [3.05, 3.63) is 74.3 Å². The summed E-state index contributed by atoms with van der Waals surface area (Å²) in [6, 6.07) is 14.5. The van der Waals surface area contributed by atoms with E-state index in [1.54, 1.807) is 11.3 Å². The highest BCUT2D eigenvalue weighted by molar-refractivity contribution is 7.17. The van der Waals surface area contributed by atoms with Crippen LogP contribution in [0.2, 0.25) is 0 Å². The summed E-state index contributed by atoms with van der Waals surface area (Å²) in [4.78, 5) is 28.0. The van der Waals surface area contributed by atoms with Crippen molar-refractivity contribution in [1.82, 2.24) is 19.8 Å². The van der Waals surface area contributed by atoms with Crippen LogP contribution in [0, 0.1) is 0 Å². The highest BCUT2D eigenvalue weighted by Crippen LogP contribution is 2.31. The Balaban J connectivity index is 1.33. The van der Waals surface area contributed by atoms with Crippen LogP contribution in [0.1, 0.15) is 23.7 Å². The third kappa shape index (κ3) is 3.86. The third-order valence-corrected chi connectivity index (χ3v) is 7.59. The van der Waals surface area contributed by atoms with Crippen molar-refractivity contribution in [3.63, 3.8) is 0 Å². The quantitative estimate of drug-likeness (QED) is 0.497. The lowest BCUT2D eigenvalue weighted by Gasteiger charge is -2.37. The van der Waals surface area contributed by atoms with E-state index in [0.29, 0.717) is 5.39 Å². The number of hydrogen-bond acceptors (Lipinski definition) is 6. The summed E-state index contributed by atoms with van der Waals surface area (Å²) in [5.74, 6) is 0.765. The van der Waals surface area contributed by atoms with Crippen molar-refractivity contribution >= 4 is 32.9 Å². The van der Waals surface area contributed by atoms with Crippen LogP contribution < -0.4 is 5.56 Å². The van der Waals surface area contributed by atoms with Crippen molar-refractivity contribution in [2.24, 2.45) is 0 Å². The van der Waals surface area contributed by atoms with Gasteiger partial charge >= 0.3 is 0 Å². The number of hydrogen-bond donors (Lipinski definition) is 1. The van der Waals surface area contributed by atoms with Crippen molar-refractivity contribution in [2.45, 2.75) is 19.5 Å². The molecule has 30 heavy (non-hydrogen) atoms. The molecular formula is C23H24N4OS2. The van der Waals surface area contributed by atoms with Gasteiger partial charge in [0, 0.05) is 48.5 Å². The summed E-state index contributed by atoms with van der Waals surface area (Å²) in [5, 5.41) is 4.88. The molecule has 4 aromatic rings. The van der Waals surface area contributed by atoms with Crippen molar-refractivity contribution in [3.8, 4) is 11.1 Å². The molecule has 154 valence electrons. The molecule has 0 saturated carbocycles. The van der Waals surface area contributed by atoms with E-state index in [4.69, 9.17) is 4.98 Å². The fourth-order valence-electron chi connectivity index (χ4n) is 4.10. The lowest BCUT2D eigenvalue weighted by atomic mass is 10.1. The lowest BCUT2D eigenvalue weighted by Crippen LogP contribution is -2.47. The molecule has 1 N–H and O–H groups in total. The van der Waals surface area contributed by atoms with Crippen LogP contribution in [0.15, 0.2) is 58.0 Å². The third-order valence-electron chi connectivity index (χ3n) is 5.86. The number of rotatable bonds is 5. The molecular weight excluding hydrogens is 412 g/mol. The van der Waals surface area contributed by atoms with E-state index in [2.05, 4.69) is 39.2 Å². The molecule has 3 aromatic heterocycles. The van der Waals surface area contributed by atoms with Crippen LogP contribution in [0.25, 0.3) is 21.3 Å². The van der Waals surface area contributed by atoms with Gasteiger partial charge in [-0.1, -0.05) is 36.4 Å². The average molecular weight is 437 g/mol. The Bertz CT molecular complexity index is 1180. The van der Waals surface area contributed by atoms with Gasteiger partial charge in [-0.05, 0) is 23.9 Å². The number of nitrogens with one attached hydrogen (secondary N) is 1. The summed E-state index contributed by atoms with van der Waals surface area (Å²) >= 11 is 3.37. The van der Waals surface area contributed by atoms with Gasteiger partial charge in [0.15, 0.2) is 0 Å². The molecule has 7 heteroatoms. The van der Waals surface area contributed by atoms with Gasteiger partial charge in [-0.3, -0.25) is 14.6 Å². The zero-order chi connectivity index (χ0) is 20.5. The summed E-state index contributed by atoms with van der Waals surface area (Å²) < 4.78 is 0. The molecule has 1 atom stereocenters.